The summed E-state index contributed by atoms with van der Waals surface area (Å²) < 4.78 is 56.0. The summed E-state index contributed by atoms with van der Waals surface area (Å²) in [4.78, 5) is 42.4. The summed E-state index contributed by atoms with van der Waals surface area (Å²) in [5.74, 6) is -3.68. The van der Waals surface area contributed by atoms with Crippen molar-refractivity contribution in [3.63, 3.8) is 0 Å². The van der Waals surface area contributed by atoms with Gasteiger partial charge in [-0.3, -0.25) is 4.79 Å². The van der Waals surface area contributed by atoms with Crippen molar-refractivity contribution in [1.29, 1.82) is 0 Å². The molecule has 514 valence electrons. The second kappa shape index (κ2) is 28.3. The smallest absolute Gasteiger partial charge is 0.338 e. The van der Waals surface area contributed by atoms with Crippen molar-refractivity contribution in [2.75, 3.05) is 26.4 Å². The molecule has 0 unspecified atom stereocenters. The van der Waals surface area contributed by atoms with Gasteiger partial charge in [-0.1, -0.05) is 111 Å². The molecule has 3 saturated heterocycles. The predicted octanol–water partition coefficient (Wildman–Crippen LogP) is 3.72. The Labute approximate surface area is 530 Å². The van der Waals surface area contributed by atoms with Gasteiger partial charge in [-0.15, -0.1) is 0 Å². The second-order valence-electron chi connectivity index (χ2n) is 29.8. The third kappa shape index (κ3) is 13.0. The number of rotatable bonds is 22. The highest BCUT2D eigenvalue weighted by Crippen LogP contribution is 2.76. The minimum absolute atomic E-state index is 0.0381. The van der Waals surface area contributed by atoms with Crippen LogP contribution in [0.5, 0.6) is 0 Å². The molecule has 0 aromatic heterocycles. The number of fused-ring (bicyclic) bond motifs is 7. The van der Waals surface area contributed by atoms with E-state index >= 15 is 0 Å². The molecule has 8 aliphatic rings. The summed E-state index contributed by atoms with van der Waals surface area (Å²) in [5.41, 5.74) is -2.87. The fourth-order valence-electron chi connectivity index (χ4n) is 17.6. The lowest BCUT2D eigenvalue weighted by Crippen LogP contribution is -2.76. The van der Waals surface area contributed by atoms with E-state index in [1.54, 1.807) is 6.92 Å². The number of ether oxygens (including phenoxy) is 9. The van der Waals surface area contributed by atoms with E-state index in [4.69, 9.17) is 42.6 Å². The monoisotopic (exact) mass is 1280 g/mol. The largest absolute Gasteiger partial charge is 0.464 e. The van der Waals surface area contributed by atoms with Crippen LogP contribution >= 0.6 is 0 Å². The molecule has 0 bridgehead atoms. The molecule has 3 heterocycles. The van der Waals surface area contributed by atoms with Crippen molar-refractivity contribution < 1.29 is 113 Å². The van der Waals surface area contributed by atoms with Gasteiger partial charge < -0.3 is 98.8 Å². The number of hydrogen-bond acceptors (Lipinski definition) is 23. The first-order valence-electron chi connectivity index (χ1n) is 33.0. The van der Waals surface area contributed by atoms with Gasteiger partial charge in [0.25, 0.3) is 0 Å². The van der Waals surface area contributed by atoms with E-state index < -0.39 is 199 Å². The topological polar surface area (TPSA) is 357 Å². The maximum atomic E-state index is 14.3. The first-order valence-corrected chi connectivity index (χ1v) is 33.0. The second-order valence-corrected chi connectivity index (χ2v) is 29.8. The van der Waals surface area contributed by atoms with E-state index in [0.717, 1.165) is 36.0 Å². The molecule has 0 amide bonds. The number of unbranched alkanes of at least 4 members (excludes halogenated alkanes) is 2. The lowest BCUT2D eigenvalue weighted by atomic mass is 9.32. The van der Waals surface area contributed by atoms with Gasteiger partial charge in [0, 0.05) is 16.9 Å². The molecule has 90 heavy (non-hydrogen) atoms. The third-order valence-electron chi connectivity index (χ3n) is 23.3. The molecule has 23 nitrogen and oxygen atoms in total. The van der Waals surface area contributed by atoms with Gasteiger partial charge in [0.2, 0.25) is 0 Å². The van der Waals surface area contributed by atoms with Gasteiger partial charge in [-0.25, -0.2) is 9.59 Å². The minimum Gasteiger partial charge on any atom is -0.464 e. The van der Waals surface area contributed by atoms with E-state index in [1.165, 1.54) is 6.08 Å². The quantitative estimate of drug-likeness (QED) is 0.0184. The number of hydrogen-bond donors (Lipinski definition) is 11. The van der Waals surface area contributed by atoms with Crippen LogP contribution < -0.4 is 0 Å². The minimum atomic E-state index is -1.99. The Morgan fingerprint density at radius 1 is 0.700 bits per heavy atom. The van der Waals surface area contributed by atoms with Gasteiger partial charge in [-0.05, 0) is 119 Å². The van der Waals surface area contributed by atoms with Crippen LogP contribution in [-0.4, -0.2) is 217 Å². The van der Waals surface area contributed by atoms with Gasteiger partial charge in [0.15, 0.2) is 31.1 Å². The number of carbonyl (C=O) groups excluding carboxylic acids is 3. The normalized spacial score (nSPS) is 45.0. The van der Waals surface area contributed by atoms with Crippen LogP contribution in [0.3, 0.4) is 0 Å². The molecular formula is C67H108O23. The lowest BCUT2D eigenvalue weighted by Gasteiger charge is -2.73. The van der Waals surface area contributed by atoms with Crippen LogP contribution in [0, 0.1) is 56.2 Å². The highest BCUT2D eigenvalue weighted by molar-refractivity contribution is 5.83. The average Bonchev–Trinajstić information content (AvgIpc) is 0.754. The first kappa shape index (κ1) is 72.8. The lowest BCUT2D eigenvalue weighted by molar-refractivity contribution is -0.383. The zero-order valence-corrected chi connectivity index (χ0v) is 55.1. The SMILES string of the molecule is CCCCCOC(=O)[C@H]1O[C@@H](O[C@H]2CC[C@@]3(C)[C@H](CC[C@]4(C)[C@@H]3CC=C3[C@@H]5CC(C)(C)[C@@H](OC(=O)/C=C(/C)CCC=C(C)C)[C@H](OC(=O)[C@@H](C)CC)[C@]5(CO)[C@H](O)[C@H](O)[C@]34C)C2(C)C)[C@H](O[C@@H]2O[C@H](CO)[C@@H](O)[C@H](O)[C@H]2O)[C@@H](O)[C@@H]1O[C@@H]1O[C@@H](CO)[C@H](O)[C@H]1O. The van der Waals surface area contributed by atoms with Crippen LogP contribution in [0.15, 0.2) is 34.9 Å². The molecule has 7 fully saturated rings. The molecule has 23 heteroatoms. The van der Waals surface area contributed by atoms with Crippen LogP contribution in [0.4, 0.5) is 0 Å². The summed E-state index contributed by atoms with van der Waals surface area (Å²) in [5, 5.41) is 126. The molecule has 27 atom stereocenters. The van der Waals surface area contributed by atoms with Crippen LogP contribution in [0.1, 0.15) is 167 Å². The van der Waals surface area contributed by atoms with E-state index in [-0.39, 0.29) is 18.4 Å². The maximum absolute atomic E-state index is 14.3. The highest BCUT2D eigenvalue weighted by atomic mass is 16.8. The zero-order chi connectivity index (χ0) is 66.5. The third-order valence-corrected chi connectivity index (χ3v) is 23.3. The van der Waals surface area contributed by atoms with Gasteiger partial charge in [-0.2, -0.15) is 0 Å². The Hall–Kier alpha value is -3.05. The predicted molar refractivity (Wildman–Crippen MR) is 323 cm³/mol. The molecule has 5 aliphatic carbocycles. The maximum Gasteiger partial charge on any atom is 0.338 e. The van der Waals surface area contributed by atoms with Crippen molar-refractivity contribution in [3.05, 3.63) is 34.9 Å². The summed E-state index contributed by atoms with van der Waals surface area (Å²) in [6.07, 6.45) is -18.5. The van der Waals surface area contributed by atoms with Crippen LogP contribution in [0.25, 0.3) is 0 Å². The fourth-order valence-corrected chi connectivity index (χ4v) is 17.6. The Morgan fingerprint density at radius 3 is 1.92 bits per heavy atom. The number of allylic oxidation sites excluding steroid dienone is 4. The molecule has 0 radical (unpaired) electrons. The van der Waals surface area contributed by atoms with E-state index in [0.29, 0.717) is 57.8 Å². The standard InChI is InChI=1S/C67H108O23/c1-14-16-17-27-82-58(81)52-50(87-59-47(75)45(73)39(31-69)84-59)49(77)51(88-60-48(76)46(74)44(72)38(30-68)83-60)61(89-52)85-42-24-25-64(11)40(63(42,9)10)23-26-65(12)41(64)22-21-36-37-29-62(7,8)55(86-43(71)28-34(5)20-18-19-33(3)4)56(90-57(80)35(6)15-2)67(37,32-70)54(79)53(78)66(36,65)13/h19,21,28,35,37-42,44-56,59-61,68-70,72-79H,14-18,20,22-27,29-32H2,1-13H3/b34-28-/t35-,37-,38+,39-,40+,41+,42-,44+,45-,46-,47+,48+,49-,50-,51+,52-,53-,54+,55-,56-,59-,60-,61+,64-,65+,66-,67-/m0/s1. The van der Waals surface area contributed by atoms with Crippen LogP contribution in [0.2, 0.25) is 0 Å². The highest BCUT2D eigenvalue weighted by Gasteiger charge is 2.76. The first-order chi connectivity index (χ1) is 42.2. The van der Waals surface area contributed by atoms with Gasteiger partial charge in [0.05, 0.1) is 56.1 Å². The average molecular weight is 1280 g/mol. The van der Waals surface area contributed by atoms with Crippen molar-refractivity contribution >= 4 is 17.9 Å². The van der Waals surface area contributed by atoms with Gasteiger partial charge in [0.1, 0.15) is 67.1 Å². The Kier molecular flexibility index (Phi) is 22.9. The molecule has 3 aliphatic heterocycles. The molecule has 0 aromatic rings. The zero-order valence-electron chi connectivity index (χ0n) is 55.1. The summed E-state index contributed by atoms with van der Waals surface area (Å²) in [7, 11) is 0. The molecule has 0 spiro atoms. The summed E-state index contributed by atoms with van der Waals surface area (Å²) in [6.45, 7) is 23.6. The van der Waals surface area contributed by atoms with Crippen molar-refractivity contribution in [3.8, 4) is 0 Å². The molecule has 11 N–H and O–H groups in total. The Bertz CT molecular complexity index is 2580. The summed E-state index contributed by atoms with van der Waals surface area (Å²) in [6, 6.07) is 0. The number of carbonyl (C=O) groups is 3. The van der Waals surface area contributed by atoms with Crippen molar-refractivity contribution in [1.82, 2.24) is 0 Å². The molecule has 4 saturated carbocycles. The van der Waals surface area contributed by atoms with Crippen molar-refractivity contribution in [2.24, 2.45) is 56.2 Å². The number of aliphatic hydroxyl groups is 11. The van der Waals surface area contributed by atoms with Crippen molar-refractivity contribution in [2.45, 2.75) is 284 Å². The van der Waals surface area contributed by atoms with E-state index in [1.807, 2.05) is 55.4 Å². The Morgan fingerprint density at radius 2 is 1.32 bits per heavy atom. The Balaban J connectivity index is 1.13. The summed E-state index contributed by atoms with van der Waals surface area (Å²) >= 11 is 0. The molecule has 8 rings (SSSR count). The van der Waals surface area contributed by atoms with E-state index in [9.17, 15) is 70.6 Å². The van der Waals surface area contributed by atoms with Crippen LogP contribution in [-0.2, 0) is 57.0 Å². The fraction of sp³-hybridized carbons (Fsp3) is 0.866. The van der Waals surface area contributed by atoms with Gasteiger partial charge >= 0.3 is 17.9 Å². The molecular weight excluding hydrogens is 1170 g/mol. The molecule has 0 aromatic carbocycles. The number of aliphatic hydroxyl groups excluding tert-OH is 11. The van der Waals surface area contributed by atoms with E-state index in [2.05, 4.69) is 39.8 Å². The number of esters is 3.